The van der Waals surface area contributed by atoms with Crippen LogP contribution >= 0.6 is 15.9 Å². The van der Waals surface area contributed by atoms with Crippen LogP contribution in [0, 0.1) is 5.92 Å². The molecule has 0 bridgehead atoms. The van der Waals surface area contributed by atoms with Gasteiger partial charge >= 0.3 is 0 Å². The van der Waals surface area contributed by atoms with Gasteiger partial charge in [0.1, 0.15) is 5.82 Å². The molecule has 0 spiro atoms. The third kappa shape index (κ3) is 3.69. The average Bonchev–Trinajstić information content (AvgIpc) is 2.35. The molecule has 0 unspecified atom stereocenters. The fraction of sp³-hybridized carbons (Fsp3) is 0.571. The number of hydrogen-bond donors (Lipinski definition) is 2. The number of rotatable bonds is 5. The van der Waals surface area contributed by atoms with Crippen LogP contribution in [0.25, 0.3) is 0 Å². The van der Waals surface area contributed by atoms with Gasteiger partial charge in [0.2, 0.25) is 0 Å². The largest absolute Gasteiger partial charge is 0.369 e. The standard InChI is InChI=1S/C14H20BrN3O/c1-3-4-16-13-12(7-10(15)8-17-13)14(19)18-11-5-9(2)6-11/h7-9,11H,3-6H2,1-2H3,(H,16,17)(H,18,19). The van der Waals surface area contributed by atoms with Crippen molar-refractivity contribution in [1.29, 1.82) is 0 Å². The van der Waals surface area contributed by atoms with Gasteiger partial charge < -0.3 is 10.6 Å². The van der Waals surface area contributed by atoms with Crippen LogP contribution in [0.1, 0.15) is 43.5 Å². The van der Waals surface area contributed by atoms with E-state index in [-0.39, 0.29) is 5.91 Å². The van der Waals surface area contributed by atoms with Crippen molar-refractivity contribution in [3.8, 4) is 0 Å². The number of hydrogen-bond acceptors (Lipinski definition) is 3. The van der Waals surface area contributed by atoms with E-state index < -0.39 is 0 Å². The summed E-state index contributed by atoms with van der Waals surface area (Å²) in [5.41, 5.74) is 0.613. The summed E-state index contributed by atoms with van der Waals surface area (Å²) >= 11 is 3.37. The molecule has 1 aliphatic rings. The van der Waals surface area contributed by atoms with Crippen LogP contribution in [-0.4, -0.2) is 23.5 Å². The Kier molecular flexibility index (Phi) is 4.80. The maximum absolute atomic E-state index is 12.3. The Hall–Kier alpha value is -1.10. The van der Waals surface area contributed by atoms with Gasteiger partial charge in [-0.25, -0.2) is 4.98 Å². The molecule has 5 heteroatoms. The van der Waals surface area contributed by atoms with Crippen molar-refractivity contribution in [2.24, 2.45) is 5.92 Å². The maximum atomic E-state index is 12.3. The predicted molar refractivity (Wildman–Crippen MR) is 80.4 cm³/mol. The highest BCUT2D eigenvalue weighted by Crippen LogP contribution is 2.27. The Morgan fingerprint density at radius 1 is 1.53 bits per heavy atom. The first kappa shape index (κ1) is 14.3. The summed E-state index contributed by atoms with van der Waals surface area (Å²) < 4.78 is 0.821. The summed E-state index contributed by atoms with van der Waals surface area (Å²) in [5.74, 6) is 1.35. The zero-order valence-electron chi connectivity index (χ0n) is 11.4. The summed E-state index contributed by atoms with van der Waals surface area (Å²) in [5, 5.41) is 6.26. The molecule has 1 aliphatic carbocycles. The van der Waals surface area contributed by atoms with E-state index in [1.807, 2.05) is 6.07 Å². The molecule has 104 valence electrons. The second-order valence-corrected chi connectivity index (χ2v) is 6.14. The third-order valence-electron chi connectivity index (χ3n) is 3.35. The Morgan fingerprint density at radius 2 is 2.26 bits per heavy atom. The Balaban J connectivity index is 2.07. The summed E-state index contributed by atoms with van der Waals surface area (Å²) in [4.78, 5) is 16.6. The van der Waals surface area contributed by atoms with Gasteiger partial charge in [-0.3, -0.25) is 4.79 Å². The first-order valence-corrected chi connectivity index (χ1v) is 7.59. The van der Waals surface area contributed by atoms with E-state index in [0.717, 1.165) is 36.2 Å². The van der Waals surface area contributed by atoms with Crippen LogP contribution in [0.4, 0.5) is 5.82 Å². The number of carbonyl (C=O) groups excluding carboxylic acids is 1. The number of amides is 1. The van der Waals surface area contributed by atoms with Gasteiger partial charge in [-0.1, -0.05) is 13.8 Å². The lowest BCUT2D eigenvalue weighted by molar-refractivity contribution is 0.0896. The minimum atomic E-state index is -0.0377. The molecule has 1 aromatic heterocycles. The second kappa shape index (κ2) is 6.37. The molecule has 0 radical (unpaired) electrons. The fourth-order valence-corrected chi connectivity index (χ4v) is 2.61. The zero-order chi connectivity index (χ0) is 13.8. The number of anilines is 1. The van der Waals surface area contributed by atoms with Crippen molar-refractivity contribution < 1.29 is 4.79 Å². The van der Waals surface area contributed by atoms with Crippen molar-refractivity contribution in [2.45, 2.75) is 39.2 Å². The summed E-state index contributed by atoms with van der Waals surface area (Å²) in [6.45, 7) is 5.11. The van der Waals surface area contributed by atoms with Crippen molar-refractivity contribution in [1.82, 2.24) is 10.3 Å². The first-order valence-electron chi connectivity index (χ1n) is 6.80. The van der Waals surface area contributed by atoms with Crippen LogP contribution < -0.4 is 10.6 Å². The summed E-state index contributed by atoms with van der Waals surface area (Å²) in [6, 6.07) is 2.14. The van der Waals surface area contributed by atoms with Crippen molar-refractivity contribution in [3.63, 3.8) is 0 Å². The summed E-state index contributed by atoms with van der Waals surface area (Å²) in [7, 11) is 0. The molecule has 0 saturated heterocycles. The molecular formula is C14H20BrN3O. The number of pyridine rings is 1. The van der Waals surface area contributed by atoms with Gasteiger partial charge in [-0.15, -0.1) is 0 Å². The van der Waals surface area contributed by atoms with Crippen LogP contribution in [0.2, 0.25) is 0 Å². The van der Waals surface area contributed by atoms with Gasteiger partial charge in [-0.05, 0) is 47.2 Å². The Morgan fingerprint density at radius 3 is 2.89 bits per heavy atom. The third-order valence-corrected chi connectivity index (χ3v) is 3.78. The molecule has 0 aliphatic heterocycles. The molecule has 0 atom stereocenters. The van der Waals surface area contributed by atoms with Crippen LogP contribution in [0.15, 0.2) is 16.7 Å². The fourth-order valence-electron chi connectivity index (χ4n) is 2.28. The van der Waals surface area contributed by atoms with E-state index in [1.54, 1.807) is 6.20 Å². The molecule has 1 fully saturated rings. The number of halogens is 1. The van der Waals surface area contributed by atoms with Crippen molar-refractivity contribution in [2.75, 3.05) is 11.9 Å². The van der Waals surface area contributed by atoms with Crippen LogP contribution in [0.5, 0.6) is 0 Å². The van der Waals surface area contributed by atoms with Crippen molar-refractivity contribution >= 4 is 27.7 Å². The smallest absolute Gasteiger partial charge is 0.255 e. The lowest BCUT2D eigenvalue weighted by Gasteiger charge is -2.33. The lowest BCUT2D eigenvalue weighted by Crippen LogP contribution is -2.43. The average molecular weight is 326 g/mol. The van der Waals surface area contributed by atoms with Gasteiger partial charge in [-0.2, -0.15) is 0 Å². The maximum Gasteiger partial charge on any atom is 0.255 e. The van der Waals surface area contributed by atoms with Crippen molar-refractivity contribution in [3.05, 3.63) is 22.3 Å². The second-order valence-electron chi connectivity index (χ2n) is 5.22. The Labute approximate surface area is 122 Å². The minimum Gasteiger partial charge on any atom is -0.369 e. The quantitative estimate of drug-likeness (QED) is 0.874. The highest BCUT2D eigenvalue weighted by molar-refractivity contribution is 9.10. The normalized spacial score (nSPS) is 21.6. The van der Waals surface area contributed by atoms with Gasteiger partial charge in [0.15, 0.2) is 0 Å². The van der Waals surface area contributed by atoms with E-state index in [0.29, 0.717) is 17.4 Å². The molecule has 1 aromatic rings. The van der Waals surface area contributed by atoms with E-state index in [9.17, 15) is 4.79 Å². The molecule has 19 heavy (non-hydrogen) atoms. The molecule has 2 N–H and O–H groups in total. The number of nitrogens with zero attached hydrogens (tertiary/aromatic N) is 1. The van der Waals surface area contributed by atoms with Gasteiger partial charge in [0.05, 0.1) is 5.56 Å². The lowest BCUT2D eigenvalue weighted by atomic mass is 9.82. The molecule has 0 aromatic carbocycles. The van der Waals surface area contributed by atoms with E-state index >= 15 is 0 Å². The predicted octanol–water partition coefficient (Wildman–Crippen LogP) is 3.19. The molecule has 1 amide bonds. The minimum absolute atomic E-state index is 0.0377. The van der Waals surface area contributed by atoms with E-state index in [2.05, 4.69) is 45.4 Å². The number of nitrogens with one attached hydrogen (secondary N) is 2. The molecule has 2 rings (SSSR count). The Bertz CT molecular complexity index is 458. The highest BCUT2D eigenvalue weighted by atomic mass is 79.9. The van der Waals surface area contributed by atoms with Crippen LogP contribution in [0.3, 0.4) is 0 Å². The molecule has 1 heterocycles. The van der Waals surface area contributed by atoms with Crippen LogP contribution in [-0.2, 0) is 0 Å². The van der Waals surface area contributed by atoms with Gasteiger partial charge in [0.25, 0.3) is 5.91 Å². The topological polar surface area (TPSA) is 54.0 Å². The number of carbonyl (C=O) groups is 1. The summed E-state index contributed by atoms with van der Waals surface area (Å²) in [6.07, 6.45) is 4.86. The van der Waals surface area contributed by atoms with Gasteiger partial charge in [0, 0.05) is 23.3 Å². The monoisotopic (exact) mass is 325 g/mol. The zero-order valence-corrected chi connectivity index (χ0v) is 13.0. The SMILES string of the molecule is CCCNc1ncc(Br)cc1C(=O)NC1CC(C)C1. The first-order chi connectivity index (χ1) is 9.10. The molecule has 1 saturated carbocycles. The molecular weight excluding hydrogens is 306 g/mol. The highest BCUT2D eigenvalue weighted by Gasteiger charge is 2.27. The van der Waals surface area contributed by atoms with E-state index in [1.165, 1.54) is 0 Å². The molecule has 4 nitrogen and oxygen atoms in total. The van der Waals surface area contributed by atoms with E-state index in [4.69, 9.17) is 0 Å². The number of aromatic nitrogens is 1.